The lowest BCUT2D eigenvalue weighted by molar-refractivity contribution is 0.669. The molecule has 1 unspecified atom stereocenters. The van der Waals surface area contributed by atoms with E-state index in [2.05, 4.69) is 260 Å². The standard InChI is InChI=1S/C73H45NO2S/c1-2-14-50(15-3-1)73(51-35-28-47(29-36-51)55-20-12-22-62-59-17-5-9-25-67(59)75-71(55)62)65-24-8-4-16-57(65)58-42-34-49(44-66(58)73)46-30-37-52(38-31-46)74(54-41-43-70-64(45-54)61-19-7-11-27-69(61)77-70)53-39-32-48(33-40-53)56-21-13-23-63-60-18-6-10-26-68(60)76-72(56)63/h1-45H. The zero-order valence-corrected chi connectivity index (χ0v) is 42.5. The first kappa shape index (κ1) is 43.6. The summed E-state index contributed by atoms with van der Waals surface area (Å²) in [6.45, 7) is 0. The fourth-order valence-electron chi connectivity index (χ4n) is 12.7. The second kappa shape index (κ2) is 17.2. The normalized spacial score (nSPS) is 14.0. The molecule has 0 bridgehead atoms. The van der Waals surface area contributed by atoms with Gasteiger partial charge < -0.3 is 13.7 Å². The number of furan rings is 2. The van der Waals surface area contributed by atoms with Crippen molar-refractivity contribution in [2.45, 2.75) is 5.41 Å². The SMILES string of the molecule is c1ccc(C2(c3ccc(-c4cccc5c4oc4ccccc45)cc3)c3ccccc3-c3ccc(-c4ccc(N(c5ccc(-c6cccc7c6oc6ccccc67)cc5)c5ccc6sc7ccccc7c6c5)cc4)cc32)cc1. The molecule has 0 saturated carbocycles. The quantitative estimate of drug-likeness (QED) is 0.152. The van der Waals surface area contributed by atoms with Crippen molar-refractivity contribution >= 4 is 92.4 Å². The number of hydrogen-bond donors (Lipinski definition) is 0. The maximum Gasteiger partial charge on any atom is 0.143 e. The Hall–Kier alpha value is -9.74. The summed E-state index contributed by atoms with van der Waals surface area (Å²) in [4.78, 5) is 2.39. The minimum atomic E-state index is -0.573. The third kappa shape index (κ3) is 6.69. The van der Waals surface area contributed by atoms with Crippen LogP contribution in [0.25, 0.3) is 109 Å². The van der Waals surface area contributed by atoms with Crippen LogP contribution in [0.1, 0.15) is 22.3 Å². The Bertz CT molecular complexity index is 4790. The van der Waals surface area contributed by atoms with Crippen molar-refractivity contribution in [2.24, 2.45) is 0 Å². The van der Waals surface area contributed by atoms with Gasteiger partial charge in [0.25, 0.3) is 0 Å². The van der Waals surface area contributed by atoms with E-state index in [1.165, 1.54) is 59.1 Å². The molecule has 0 amide bonds. The van der Waals surface area contributed by atoms with Gasteiger partial charge in [0.1, 0.15) is 22.3 Å². The van der Waals surface area contributed by atoms with Gasteiger partial charge in [-0.3, -0.25) is 0 Å². The highest BCUT2D eigenvalue weighted by Gasteiger charge is 2.46. The van der Waals surface area contributed by atoms with Gasteiger partial charge in [0.15, 0.2) is 0 Å². The molecule has 1 aliphatic rings. The first-order valence-corrected chi connectivity index (χ1v) is 27.1. The molecule has 0 saturated heterocycles. The fraction of sp³-hybridized carbons (Fsp3) is 0.0137. The Morgan fingerprint density at radius 3 is 1.44 bits per heavy atom. The summed E-state index contributed by atoms with van der Waals surface area (Å²) in [6.07, 6.45) is 0. The van der Waals surface area contributed by atoms with Crippen molar-refractivity contribution in [3.63, 3.8) is 0 Å². The van der Waals surface area contributed by atoms with E-state index in [0.717, 1.165) is 88.8 Å². The van der Waals surface area contributed by atoms with E-state index in [0.29, 0.717) is 0 Å². The molecule has 12 aromatic carbocycles. The number of benzene rings is 12. The second-order valence-electron chi connectivity index (χ2n) is 20.3. The van der Waals surface area contributed by atoms with E-state index in [1.807, 2.05) is 29.5 Å². The number of fused-ring (bicyclic) bond motifs is 12. The monoisotopic (exact) mass is 999 g/mol. The molecule has 0 radical (unpaired) electrons. The topological polar surface area (TPSA) is 29.5 Å². The molecule has 360 valence electrons. The summed E-state index contributed by atoms with van der Waals surface area (Å²) >= 11 is 1.85. The molecule has 3 heterocycles. The second-order valence-corrected chi connectivity index (χ2v) is 21.4. The number of nitrogens with zero attached hydrogens (tertiary/aromatic N) is 1. The fourth-order valence-corrected chi connectivity index (χ4v) is 13.8. The number of rotatable bonds is 8. The highest BCUT2D eigenvalue weighted by atomic mass is 32.1. The van der Waals surface area contributed by atoms with E-state index in [1.54, 1.807) is 0 Å². The maximum atomic E-state index is 6.53. The molecule has 0 aliphatic heterocycles. The van der Waals surface area contributed by atoms with Gasteiger partial charge in [-0.2, -0.15) is 0 Å². The van der Waals surface area contributed by atoms with Crippen LogP contribution in [0, 0.1) is 0 Å². The number of para-hydroxylation sites is 4. The molecule has 0 fully saturated rings. The first-order chi connectivity index (χ1) is 38.2. The van der Waals surface area contributed by atoms with Crippen LogP contribution in [-0.4, -0.2) is 0 Å². The minimum absolute atomic E-state index is 0.573. The van der Waals surface area contributed by atoms with E-state index < -0.39 is 5.41 Å². The third-order valence-electron chi connectivity index (χ3n) is 16.2. The van der Waals surface area contributed by atoms with Crippen LogP contribution in [0.4, 0.5) is 17.1 Å². The van der Waals surface area contributed by atoms with Gasteiger partial charge in [-0.15, -0.1) is 11.3 Å². The van der Waals surface area contributed by atoms with Gasteiger partial charge in [-0.25, -0.2) is 0 Å². The molecule has 15 aromatic rings. The molecule has 0 N–H and O–H groups in total. The van der Waals surface area contributed by atoms with Crippen LogP contribution in [0.2, 0.25) is 0 Å². The number of hydrogen-bond acceptors (Lipinski definition) is 4. The molecular weight excluding hydrogens is 955 g/mol. The van der Waals surface area contributed by atoms with Gasteiger partial charge in [-0.05, 0) is 122 Å². The van der Waals surface area contributed by atoms with Crippen LogP contribution >= 0.6 is 11.3 Å². The predicted octanol–water partition coefficient (Wildman–Crippen LogP) is 20.7. The van der Waals surface area contributed by atoms with E-state index in [-0.39, 0.29) is 0 Å². The lowest BCUT2D eigenvalue weighted by Gasteiger charge is -2.34. The van der Waals surface area contributed by atoms with Crippen molar-refractivity contribution in [1.82, 2.24) is 0 Å². The van der Waals surface area contributed by atoms with Crippen LogP contribution in [0.15, 0.2) is 282 Å². The molecular formula is C73H45NO2S. The molecule has 4 heteroatoms. The molecule has 3 nitrogen and oxygen atoms in total. The smallest absolute Gasteiger partial charge is 0.143 e. The summed E-state index contributed by atoms with van der Waals surface area (Å²) < 4.78 is 15.6. The maximum absolute atomic E-state index is 6.53. The molecule has 77 heavy (non-hydrogen) atoms. The molecule has 1 atom stereocenters. The van der Waals surface area contributed by atoms with Crippen molar-refractivity contribution < 1.29 is 8.83 Å². The number of thiophene rings is 1. The summed E-state index contributed by atoms with van der Waals surface area (Å²) in [7, 11) is 0. The zero-order valence-electron chi connectivity index (χ0n) is 41.7. The van der Waals surface area contributed by atoms with Gasteiger partial charge in [0.05, 0.1) is 5.41 Å². The first-order valence-electron chi connectivity index (χ1n) is 26.3. The summed E-state index contributed by atoms with van der Waals surface area (Å²) in [5.41, 5.74) is 20.5. The van der Waals surface area contributed by atoms with Crippen molar-refractivity contribution in [2.75, 3.05) is 4.90 Å². The Balaban J connectivity index is 0.810. The lowest BCUT2D eigenvalue weighted by atomic mass is 9.67. The summed E-state index contributed by atoms with van der Waals surface area (Å²) in [5.74, 6) is 0. The number of anilines is 3. The largest absolute Gasteiger partial charge is 0.455 e. The van der Waals surface area contributed by atoms with E-state index in [9.17, 15) is 0 Å². The van der Waals surface area contributed by atoms with Crippen molar-refractivity contribution in [3.05, 3.63) is 295 Å². The minimum Gasteiger partial charge on any atom is -0.455 e. The average molecular weight is 1000 g/mol. The van der Waals surface area contributed by atoms with Crippen LogP contribution in [-0.2, 0) is 5.41 Å². The van der Waals surface area contributed by atoms with Crippen molar-refractivity contribution in [3.8, 4) is 44.5 Å². The van der Waals surface area contributed by atoms with Crippen LogP contribution < -0.4 is 4.90 Å². The van der Waals surface area contributed by atoms with Gasteiger partial charge in [0.2, 0.25) is 0 Å². The average Bonchev–Trinajstić information content (AvgIpc) is 4.45. The summed E-state index contributed by atoms with van der Waals surface area (Å²) in [5, 5.41) is 7.06. The van der Waals surface area contributed by atoms with Gasteiger partial charge in [0, 0.05) is 69.9 Å². The molecule has 16 rings (SSSR count). The molecule has 1 aliphatic carbocycles. The molecule has 3 aromatic heterocycles. The Morgan fingerprint density at radius 1 is 0.286 bits per heavy atom. The predicted molar refractivity (Wildman–Crippen MR) is 322 cm³/mol. The van der Waals surface area contributed by atoms with Crippen molar-refractivity contribution in [1.29, 1.82) is 0 Å². The van der Waals surface area contributed by atoms with E-state index in [4.69, 9.17) is 8.83 Å². The third-order valence-corrected chi connectivity index (χ3v) is 17.4. The van der Waals surface area contributed by atoms with E-state index >= 15 is 0 Å². The van der Waals surface area contributed by atoms with Gasteiger partial charge in [-0.1, -0.05) is 206 Å². The summed E-state index contributed by atoms with van der Waals surface area (Å²) in [6, 6.07) is 99.7. The highest BCUT2D eigenvalue weighted by Crippen LogP contribution is 2.57. The molecule has 0 spiro atoms. The Morgan fingerprint density at radius 2 is 0.766 bits per heavy atom. The van der Waals surface area contributed by atoms with Crippen LogP contribution in [0.5, 0.6) is 0 Å². The highest BCUT2D eigenvalue weighted by molar-refractivity contribution is 7.25. The Kier molecular flexibility index (Phi) is 9.72. The zero-order chi connectivity index (χ0) is 50.6. The van der Waals surface area contributed by atoms with Crippen LogP contribution in [0.3, 0.4) is 0 Å². The van der Waals surface area contributed by atoms with Gasteiger partial charge >= 0.3 is 0 Å². The Labute approximate surface area is 448 Å². The lowest BCUT2D eigenvalue weighted by Crippen LogP contribution is -2.28.